The van der Waals surface area contributed by atoms with Crippen LogP contribution in [0.5, 0.6) is 5.75 Å². The highest BCUT2D eigenvalue weighted by atomic mass is 16.3. The first-order chi connectivity index (χ1) is 8.68. The smallest absolute Gasteiger partial charge is 0.289 e. The number of para-hydroxylation sites is 2. The minimum Gasteiger partial charge on any atom is -0.508 e. The van der Waals surface area contributed by atoms with Gasteiger partial charge in [0, 0.05) is 0 Å². The number of phenols is 1. The van der Waals surface area contributed by atoms with Gasteiger partial charge in [0.2, 0.25) is 0 Å². The van der Waals surface area contributed by atoms with Crippen LogP contribution in [0.3, 0.4) is 0 Å². The lowest BCUT2D eigenvalue weighted by Crippen LogP contribution is -2.29. The van der Waals surface area contributed by atoms with Crippen LogP contribution in [0.4, 0.5) is 0 Å². The Hall–Kier alpha value is -2.29. The predicted octanol–water partition coefficient (Wildman–Crippen LogP) is 2.38. The van der Waals surface area contributed by atoms with Gasteiger partial charge < -0.3 is 5.11 Å². The van der Waals surface area contributed by atoms with E-state index >= 15 is 0 Å². The fourth-order valence-electron chi connectivity index (χ4n) is 2.52. The van der Waals surface area contributed by atoms with Crippen molar-refractivity contribution >= 4 is 11.0 Å². The molecule has 0 bridgehead atoms. The van der Waals surface area contributed by atoms with Gasteiger partial charge >= 0.3 is 0 Å². The summed E-state index contributed by atoms with van der Waals surface area (Å²) >= 11 is 0. The molecule has 1 N–H and O–H groups in total. The quantitative estimate of drug-likeness (QED) is 0.649. The second-order valence-electron chi connectivity index (χ2n) is 4.48. The summed E-state index contributed by atoms with van der Waals surface area (Å²) in [6.07, 6.45) is 0. The molecule has 1 heterocycles. The number of rotatable bonds is 1. The number of aromatic hydroxyl groups is 1. The Bertz CT molecular complexity index is 689. The van der Waals surface area contributed by atoms with Crippen molar-refractivity contribution < 1.29 is 9.67 Å². The van der Waals surface area contributed by atoms with Gasteiger partial charge in [-0.2, -0.15) is 0 Å². The fourth-order valence-corrected chi connectivity index (χ4v) is 2.52. The van der Waals surface area contributed by atoms with Gasteiger partial charge in [0.1, 0.15) is 5.75 Å². The Labute approximate surface area is 106 Å². The summed E-state index contributed by atoms with van der Waals surface area (Å²) in [7, 11) is 4.09. The van der Waals surface area contributed by atoms with Crippen molar-refractivity contribution in [2.45, 2.75) is 0 Å². The Morgan fingerprint density at radius 2 is 1.83 bits per heavy atom. The van der Waals surface area contributed by atoms with Crippen LogP contribution >= 0.6 is 0 Å². The zero-order chi connectivity index (χ0) is 12.7. The third-order valence-electron chi connectivity index (χ3n) is 3.34. The Morgan fingerprint density at radius 1 is 1.06 bits per heavy atom. The molecule has 0 aliphatic rings. The lowest BCUT2D eigenvalue weighted by Gasteiger charge is -1.99. The highest BCUT2D eigenvalue weighted by Crippen LogP contribution is 2.24. The van der Waals surface area contributed by atoms with Gasteiger partial charge in [-0.15, -0.1) is 0 Å². The average molecular weight is 239 g/mol. The Morgan fingerprint density at radius 3 is 2.56 bits per heavy atom. The maximum atomic E-state index is 9.61. The third kappa shape index (κ3) is 1.48. The number of imidazole rings is 1. The Balaban J connectivity index is 2.36. The highest BCUT2D eigenvalue weighted by Gasteiger charge is 2.21. The van der Waals surface area contributed by atoms with Crippen molar-refractivity contribution in [2.24, 2.45) is 14.1 Å². The molecule has 0 fully saturated rings. The van der Waals surface area contributed by atoms with Crippen molar-refractivity contribution in [3.63, 3.8) is 0 Å². The van der Waals surface area contributed by atoms with E-state index in [1.807, 2.05) is 38.4 Å². The van der Waals surface area contributed by atoms with Crippen molar-refractivity contribution in [1.29, 1.82) is 0 Å². The normalized spacial score (nSPS) is 11.0. The topological polar surface area (TPSA) is 29.0 Å². The lowest BCUT2D eigenvalue weighted by molar-refractivity contribution is -0.634. The van der Waals surface area contributed by atoms with Crippen molar-refractivity contribution in [3.05, 3.63) is 48.5 Å². The van der Waals surface area contributed by atoms with E-state index in [1.54, 1.807) is 12.1 Å². The fraction of sp³-hybridized carbons (Fsp3) is 0.133. The van der Waals surface area contributed by atoms with Crippen LogP contribution in [-0.2, 0) is 14.1 Å². The predicted molar refractivity (Wildman–Crippen MR) is 71.2 cm³/mol. The number of fused-ring (bicyclic) bond motifs is 1. The molecule has 0 saturated heterocycles. The van der Waals surface area contributed by atoms with Gasteiger partial charge in [-0.05, 0) is 30.3 Å². The molecular formula is C15H15N2O+. The number of hydrogen-bond acceptors (Lipinski definition) is 1. The molecule has 2 aromatic carbocycles. The van der Waals surface area contributed by atoms with E-state index < -0.39 is 0 Å². The van der Waals surface area contributed by atoms with Crippen LogP contribution in [0.15, 0.2) is 48.5 Å². The lowest BCUT2D eigenvalue weighted by atomic mass is 10.2. The number of benzene rings is 2. The molecule has 0 amide bonds. The minimum absolute atomic E-state index is 0.290. The standard InChI is InChI=1S/C15H14N2O/c1-16-13-8-3-4-9-14(13)17(2)15(16)11-6-5-7-12(18)10-11/h3-10H,1-2H3/p+1. The van der Waals surface area contributed by atoms with E-state index in [0.29, 0.717) is 0 Å². The van der Waals surface area contributed by atoms with E-state index in [9.17, 15) is 5.11 Å². The first-order valence-electron chi connectivity index (χ1n) is 5.91. The molecule has 0 unspecified atom stereocenters. The largest absolute Gasteiger partial charge is 0.508 e. The molecule has 0 spiro atoms. The van der Waals surface area contributed by atoms with Gasteiger partial charge in [-0.1, -0.05) is 18.2 Å². The molecule has 1 aromatic heterocycles. The summed E-state index contributed by atoms with van der Waals surface area (Å²) < 4.78 is 4.29. The van der Waals surface area contributed by atoms with Crippen molar-refractivity contribution in [1.82, 2.24) is 4.57 Å². The molecule has 0 radical (unpaired) electrons. The van der Waals surface area contributed by atoms with Gasteiger partial charge in [-0.25, -0.2) is 9.13 Å². The molecular weight excluding hydrogens is 224 g/mol. The maximum absolute atomic E-state index is 9.61. The number of nitrogens with zero attached hydrogens (tertiary/aromatic N) is 2. The molecule has 3 rings (SSSR count). The summed E-state index contributed by atoms with van der Waals surface area (Å²) in [4.78, 5) is 0. The number of hydrogen-bond donors (Lipinski definition) is 1. The van der Waals surface area contributed by atoms with Crippen LogP contribution in [-0.4, -0.2) is 9.67 Å². The molecule has 90 valence electrons. The second kappa shape index (κ2) is 3.88. The number of aromatic nitrogens is 2. The van der Waals surface area contributed by atoms with Gasteiger partial charge in [-0.3, -0.25) is 0 Å². The summed E-state index contributed by atoms with van der Waals surface area (Å²) in [5.41, 5.74) is 3.37. The summed E-state index contributed by atoms with van der Waals surface area (Å²) in [6, 6.07) is 15.6. The van der Waals surface area contributed by atoms with Crippen LogP contribution in [0.1, 0.15) is 0 Å². The number of phenolic OH excluding ortho intramolecular Hbond substituents is 1. The first-order valence-corrected chi connectivity index (χ1v) is 5.91. The third-order valence-corrected chi connectivity index (χ3v) is 3.34. The van der Waals surface area contributed by atoms with E-state index in [4.69, 9.17) is 0 Å². The molecule has 3 heteroatoms. The molecule has 0 saturated carbocycles. The van der Waals surface area contributed by atoms with Crippen LogP contribution in [0, 0.1) is 0 Å². The van der Waals surface area contributed by atoms with Crippen molar-refractivity contribution in [2.75, 3.05) is 0 Å². The average Bonchev–Trinajstić information content (AvgIpc) is 2.63. The second-order valence-corrected chi connectivity index (χ2v) is 4.48. The zero-order valence-corrected chi connectivity index (χ0v) is 10.5. The summed E-state index contributed by atoms with van der Waals surface area (Å²) in [5, 5.41) is 9.61. The van der Waals surface area contributed by atoms with E-state index in [1.165, 1.54) is 11.0 Å². The van der Waals surface area contributed by atoms with E-state index in [0.717, 1.165) is 11.4 Å². The number of aryl methyl sites for hydroxylation is 2. The first kappa shape index (κ1) is 10.8. The maximum Gasteiger partial charge on any atom is 0.289 e. The highest BCUT2D eigenvalue weighted by molar-refractivity contribution is 5.76. The summed E-state index contributed by atoms with van der Waals surface area (Å²) in [6.45, 7) is 0. The Kier molecular flexibility index (Phi) is 2.33. The molecule has 18 heavy (non-hydrogen) atoms. The van der Waals surface area contributed by atoms with E-state index in [2.05, 4.69) is 21.3 Å². The van der Waals surface area contributed by atoms with E-state index in [-0.39, 0.29) is 5.75 Å². The molecule has 3 aromatic rings. The SMILES string of the molecule is Cn1c(-c2cccc(O)c2)[n+](C)c2ccccc21. The molecule has 3 nitrogen and oxygen atoms in total. The summed E-state index contributed by atoms with van der Waals surface area (Å²) in [5.74, 6) is 1.37. The van der Waals surface area contributed by atoms with Crippen LogP contribution < -0.4 is 4.57 Å². The molecule has 0 aliphatic heterocycles. The van der Waals surface area contributed by atoms with Crippen molar-refractivity contribution in [3.8, 4) is 17.1 Å². The zero-order valence-electron chi connectivity index (χ0n) is 10.5. The molecule has 0 aliphatic carbocycles. The van der Waals surface area contributed by atoms with Gasteiger partial charge in [0.15, 0.2) is 11.0 Å². The molecule has 0 atom stereocenters. The van der Waals surface area contributed by atoms with Crippen LogP contribution in [0.2, 0.25) is 0 Å². The van der Waals surface area contributed by atoms with Crippen LogP contribution in [0.25, 0.3) is 22.4 Å². The monoisotopic (exact) mass is 239 g/mol. The van der Waals surface area contributed by atoms with Gasteiger partial charge in [0.05, 0.1) is 19.7 Å². The van der Waals surface area contributed by atoms with Gasteiger partial charge in [0.25, 0.3) is 5.82 Å². The minimum atomic E-state index is 0.290.